The highest BCUT2D eigenvalue weighted by atomic mass is 32.1. The van der Waals surface area contributed by atoms with Gasteiger partial charge in [0, 0.05) is 19.3 Å². The number of aliphatic hydroxyl groups is 1. The molecule has 1 N–H and O–H groups in total. The molecule has 0 spiro atoms. The summed E-state index contributed by atoms with van der Waals surface area (Å²) >= 11 is 1.60. The summed E-state index contributed by atoms with van der Waals surface area (Å²) in [4.78, 5) is 7.55. The van der Waals surface area contributed by atoms with Crippen molar-refractivity contribution >= 4 is 16.5 Å². The molecule has 0 aromatic carbocycles. The molecule has 1 aliphatic rings. The minimum atomic E-state index is -0.381. The van der Waals surface area contributed by atoms with E-state index in [1.807, 2.05) is 0 Å². The molecule has 2 heterocycles. The summed E-state index contributed by atoms with van der Waals surface area (Å²) < 4.78 is 0. The highest BCUT2D eigenvalue weighted by Crippen LogP contribution is 2.28. The van der Waals surface area contributed by atoms with Crippen molar-refractivity contribution in [2.45, 2.75) is 25.9 Å². The van der Waals surface area contributed by atoms with Gasteiger partial charge in [-0.15, -0.1) is 0 Å². The number of thiazole rings is 1. The van der Waals surface area contributed by atoms with Crippen molar-refractivity contribution in [2.24, 2.45) is 0 Å². The monoisotopic (exact) mass is 198 g/mol. The van der Waals surface area contributed by atoms with Crippen molar-refractivity contribution in [3.8, 4) is 0 Å². The van der Waals surface area contributed by atoms with Crippen LogP contribution in [-0.4, -0.2) is 23.2 Å². The van der Waals surface area contributed by atoms with Gasteiger partial charge < -0.3 is 10.0 Å². The van der Waals surface area contributed by atoms with Crippen LogP contribution in [-0.2, 0) is 0 Å². The number of rotatable bonds is 2. The maximum absolute atomic E-state index is 9.33. The molecule has 1 unspecified atom stereocenters. The predicted octanol–water partition coefficient (Wildman–Crippen LogP) is 1.80. The molecule has 72 valence electrons. The Bertz CT molecular complexity index is 279. The Morgan fingerprint density at radius 2 is 2.23 bits per heavy atom. The molecule has 0 saturated carbocycles. The van der Waals surface area contributed by atoms with Crippen molar-refractivity contribution in [3.63, 3.8) is 0 Å². The molecule has 1 fully saturated rings. The van der Waals surface area contributed by atoms with Crippen molar-refractivity contribution in [1.29, 1.82) is 0 Å². The molecule has 1 atom stereocenters. The Morgan fingerprint density at radius 1 is 1.54 bits per heavy atom. The normalized spacial score (nSPS) is 19.4. The number of anilines is 1. The van der Waals surface area contributed by atoms with Gasteiger partial charge in [0.1, 0.15) is 0 Å². The highest BCUT2D eigenvalue weighted by Gasteiger charge is 2.16. The van der Waals surface area contributed by atoms with E-state index >= 15 is 0 Å². The quantitative estimate of drug-likeness (QED) is 0.787. The van der Waals surface area contributed by atoms with Crippen LogP contribution >= 0.6 is 11.3 Å². The summed E-state index contributed by atoms with van der Waals surface area (Å²) in [7, 11) is 0. The van der Waals surface area contributed by atoms with Crippen LogP contribution < -0.4 is 4.90 Å². The lowest BCUT2D eigenvalue weighted by molar-refractivity contribution is 0.203. The van der Waals surface area contributed by atoms with Crippen LogP contribution in [0, 0.1) is 0 Å². The van der Waals surface area contributed by atoms with Crippen LogP contribution in [0.5, 0.6) is 0 Å². The second kappa shape index (κ2) is 3.64. The first kappa shape index (κ1) is 8.97. The zero-order valence-electron chi connectivity index (χ0n) is 7.73. The number of nitrogens with zero attached hydrogens (tertiary/aromatic N) is 2. The molecule has 1 aliphatic heterocycles. The second-order valence-corrected chi connectivity index (χ2v) is 4.46. The Balaban J connectivity index is 2.12. The lowest BCUT2D eigenvalue weighted by Crippen LogP contribution is -2.16. The summed E-state index contributed by atoms with van der Waals surface area (Å²) in [6.07, 6.45) is 3.93. The molecule has 3 nitrogen and oxygen atoms in total. The van der Waals surface area contributed by atoms with Crippen molar-refractivity contribution in [2.75, 3.05) is 18.0 Å². The second-order valence-electron chi connectivity index (χ2n) is 3.42. The Labute approximate surface area is 82.0 Å². The van der Waals surface area contributed by atoms with Crippen molar-refractivity contribution in [1.82, 2.24) is 4.98 Å². The fraction of sp³-hybridized carbons (Fsp3) is 0.667. The molecule has 0 bridgehead atoms. The standard InChI is InChI=1S/C9H14N2OS/c1-7(12)8-6-10-9(13-8)11-4-2-3-5-11/h6-7,12H,2-5H2,1H3. The zero-order valence-corrected chi connectivity index (χ0v) is 8.55. The fourth-order valence-corrected chi connectivity index (χ4v) is 2.43. The largest absolute Gasteiger partial charge is 0.388 e. The SMILES string of the molecule is CC(O)c1cnc(N2CCCC2)s1. The number of aliphatic hydroxyl groups excluding tert-OH is 1. The first-order valence-electron chi connectivity index (χ1n) is 4.66. The molecular formula is C9H14N2OS. The van der Waals surface area contributed by atoms with E-state index in [-0.39, 0.29) is 6.10 Å². The summed E-state index contributed by atoms with van der Waals surface area (Å²) in [6.45, 7) is 4.01. The van der Waals surface area contributed by atoms with Crippen LogP contribution in [0.4, 0.5) is 5.13 Å². The van der Waals surface area contributed by atoms with Gasteiger partial charge in [-0.25, -0.2) is 4.98 Å². The van der Waals surface area contributed by atoms with E-state index in [0.717, 1.165) is 23.1 Å². The molecule has 4 heteroatoms. The molecule has 0 amide bonds. The van der Waals surface area contributed by atoms with E-state index < -0.39 is 0 Å². The summed E-state index contributed by atoms with van der Waals surface area (Å²) in [6, 6.07) is 0. The first-order chi connectivity index (χ1) is 6.27. The summed E-state index contributed by atoms with van der Waals surface area (Å²) in [5, 5.41) is 10.4. The number of hydrogen-bond donors (Lipinski definition) is 1. The van der Waals surface area contributed by atoms with Crippen LogP contribution in [0.25, 0.3) is 0 Å². The van der Waals surface area contributed by atoms with E-state index in [9.17, 15) is 5.11 Å². The molecule has 1 saturated heterocycles. The first-order valence-corrected chi connectivity index (χ1v) is 5.48. The molecule has 0 radical (unpaired) electrons. The average molecular weight is 198 g/mol. The highest BCUT2D eigenvalue weighted by molar-refractivity contribution is 7.15. The van der Waals surface area contributed by atoms with E-state index in [2.05, 4.69) is 9.88 Å². The molecule has 2 rings (SSSR count). The third kappa shape index (κ3) is 1.84. The molecular weight excluding hydrogens is 184 g/mol. The summed E-state index contributed by atoms with van der Waals surface area (Å²) in [5.41, 5.74) is 0. The smallest absolute Gasteiger partial charge is 0.185 e. The van der Waals surface area contributed by atoms with Gasteiger partial charge in [-0.3, -0.25) is 0 Å². The van der Waals surface area contributed by atoms with Crippen LogP contribution in [0.2, 0.25) is 0 Å². The third-order valence-electron chi connectivity index (χ3n) is 2.30. The number of aromatic nitrogens is 1. The van der Waals surface area contributed by atoms with Crippen molar-refractivity contribution < 1.29 is 5.11 Å². The van der Waals surface area contributed by atoms with Gasteiger partial charge in [-0.1, -0.05) is 11.3 Å². The van der Waals surface area contributed by atoms with E-state index in [0.29, 0.717) is 0 Å². The van der Waals surface area contributed by atoms with Crippen LogP contribution in [0.1, 0.15) is 30.7 Å². The van der Waals surface area contributed by atoms with Gasteiger partial charge in [0.25, 0.3) is 0 Å². The van der Waals surface area contributed by atoms with Gasteiger partial charge in [0.15, 0.2) is 5.13 Å². The Morgan fingerprint density at radius 3 is 2.77 bits per heavy atom. The minimum Gasteiger partial charge on any atom is -0.388 e. The average Bonchev–Trinajstić information content (AvgIpc) is 2.75. The third-order valence-corrected chi connectivity index (χ3v) is 3.53. The van der Waals surface area contributed by atoms with E-state index in [1.54, 1.807) is 24.5 Å². The predicted molar refractivity (Wildman–Crippen MR) is 54.2 cm³/mol. The fourth-order valence-electron chi connectivity index (χ4n) is 1.52. The number of hydrogen-bond acceptors (Lipinski definition) is 4. The van der Waals surface area contributed by atoms with E-state index in [4.69, 9.17) is 0 Å². The maximum atomic E-state index is 9.33. The molecule has 13 heavy (non-hydrogen) atoms. The Kier molecular flexibility index (Phi) is 2.51. The lowest BCUT2D eigenvalue weighted by atomic mass is 10.4. The molecule has 0 aliphatic carbocycles. The maximum Gasteiger partial charge on any atom is 0.185 e. The van der Waals surface area contributed by atoms with Gasteiger partial charge in [-0.2, -0.15) is 0 Å². The zero-order chi connectivity index (χ0) is 9.26. The molecule has 1 aromatic rings. The summed E-state index contributed by atoms with van der Waals surface area (Å²) in [5.74, 6) is 0. The van der Waals surface area contributed by atoms with Gasteiger partial charge in [0.2, 0.25) is 0 Å². The van der Waals surface area contributed by atoms with Gasteiger partial charge in [-0.05, 0) is 19.8 Å². The van der Waals surface area contributed by atoms with E-state index in [1.165, 1.54) is 12.8 Å². The van der Waals surface area contributed by atoms with Crippen molar-refractivity contribution in [3.05, 3.63) is 11.1 Å². The van der Waals surface area contributed by atoms with Gasteiger partial charge in [0.05, 0.1) is 11.0 Å². The molecule has 1 aromatic heterocycles. The topological polar surface area (TPSA) is 36.4 Å². The Hall–Kier alpha value is -0.610. The van der Waals surface area contributed by atoms with Crippen LogP contribution in [0.3, 0.4) is 0 Å². The minimum absolute atomic E-state index is 0.381. The lowest BCUT2D eigenvalue weighted by Gasteiger charge is -2.12. The van der Waals surface area contributed by atoms with Gasteiger partial charge >= 0.3 is 0 Å². The van der Waals surface area contributed by atoms with Crippen LogP contribution in [0.15, 0.2) is 6.20 Å².